The van der Waals surface area contributed by atoms with Crippen LogP contribution in [0.1, 0.15) is 25.0 Å². The Morgan fingerprint density at radius 1 is 1.25 bits per heavy atom. The molecule has 7 heteroatoms. The van der Waals surface area contributed by atoms with Crippen LogP contribution in [0.5, 0.6) is 11.5 Å². The molecule has 1 aliphatic heterocycles. The lowest BCUT2D eigenvalue weighted by molar-refractivity contribution is -0.121. The van der Waals surface area contributed by atoms with Crippen molar-refractivity contribution < 1.29 is 19.1 Å². The summed E-state index contributed by atoms with van der Waals surface area (Å²) in [4.78, 5) is 24.3. The lowest BCUT2D eigenvalue weighted by Crippen LogP contribution is -2.23. The highest BCUT2D eigenvalue weighted by molar-refractivity contribution is 6.03. The van der Waals surface area contributed by atoms with Gasteiger partial charge in [-0.2, -0.15) is 0 Å². The highest BCUT2D eigenvalue weighted by Crippen LogP contribution is 2.35. The van der Waals surface area contributed by atoms with Crippen LogP contribution in [0.3, 0.4) is 0 Å². The van der Waals surface area contributed by atoms with Crippen LogP contribution in [0.15, 0.2) is 48.7 Å². The van der Waals surface area contributed by atoms with Crippen molar-refractivity contribution in [3.8, 4) is 11.5 Å². The summed E-state index contributed by atoms with van der Waals surface area (Å²) in [6.07, 6.45) is 6.07. The van der Waals surface area contributed by atoms with E-state index >= 15 is 0 Å². The van der Waals surface area contributed by atoms with Gasteiger partial charge in [0.2, 0.25) is 11.8 Å². The summed E-state index contributed by atoms with van der Waals surface area (Å²) in [5.74, 6) is 1.23. The Morgan fingerprint density at radius 3 is 2.88 bits per heavy atom. The maximum atomic E-state index is 12.6. The van der Waals surface area contributed by atoms with Crippen LogP contribution in [-0.4, -0.2) is 36.1 Å². The molecule has 32 heavy (non-hydrogen) atoms. The summed E-state index contributed by atoms with van der Waals surface area (Å²) in [7, 11) is 1.61. The fourth-order valence-corrected chi connectivity index (χ4v) is 3.85. The van der Waals surface area contributed by atoms with Crippen molar-refractivity contribution in [2.45, 2.75) is 32.9 Å². The van der Waals surface area contributed by atoms with Crippen molar-refractivity contribution in [1.29, 1.82) is 0 Å². The van der Waals surface area contributed by atoms with Gasteiger partial charge in [-0.15, -0.1) is 0 Å². The maximum absolute atomic E-state index is 12.6. The highest BCUT2D eigenvalue weighted by atomic mass is 16.5. The van der Waals surface area contributed by atoms with E-state index in [9.17, 15) is 9.59 Å². The van der Waals surface area contributed by atoms with Crippen molar-refractivity contribution in [1.82, 2.24) is 9.88 Å². The third-order valence-corrected chi connectivity index (χ3v) is 5.38. The van der Waals surface area contributed by atoms with E-state index in [1.165, 1.54) is 6.08 Å². The molecule has 0 aliphatic carbocycles. The maximum Gasteiger partial charge on any atom is 0.248 e. The Bertz CT molecular complexity index is 1200. The minimum Gasteiger partial charge on any atom is -0.493 e. The summed E-state index contributed by atoms with van der Waals surface area (Å²) in [5.41, 5.74) is 3.44. The van der Waals surface area contributed by atoms with Crippen LogP contribution in [0.4, 0.5) is 5.69 Å². The molecule has 3 aromatic rings. The lowest BCUT2D eigenvalue weighted by atomic mass is 10.1. The van der Waals surface area contributed by atoms with Crippen LogP contribution in [0.25, 0.3) is 17.0 Å². The molecule has 1 atom stereocenters. The van der Waals surface area contributed by atoms with Crippen LogP contribution < -0.4 is 20.1 Å². The lowest BCUT2D eigenvalue weighted by Gasteiger charge is -2.10. The van der Waals surface area contributed by atoms with Gasteiger partial charge < -0.3 is 24.7 Å². The number of benzene rings is 2. The molecule has 0 saturated heterocycles. The Kier molecular flexibility index (Phi) is 6.16. The smallest absolute Gasteiger partial charge is 0.248 e. The number of hydrogen-bond donors (Lipinski definition) is 2. The molecule has 2 aromatic carbocycles. The number of ether oxygens (including phenoxy) is 2. The van der Waals surface area contributed by atoms with E-state index in [-0.39, 0.29) is 24.5 Å². The fraction of sp³-hybridized carbons (Fsp3) is 0.280. The monoisotopic (exact) mass is 433 g/mol. The summed E-state index contributed by atoms with van der Waals surface area (Å²) >= 11 is 0. The second-order valence-electron chi connectivity index (χ2n) is 7.78. The minimum absolute atomic E-state index is 0.0855. The van der Waals surface area contributed by atoms with E-state index in [4.69, 9.17) is 9.47 Å². The summed E-state index contributed by atoms with van der Waals surface area (Å²) < 4.78 is 13.5. The average Bonchev–Trinajstić information content (AvgIpc) is 3.33. The zero-order valence-corrected chi connectivity index (χ0v) is 18.5. The van der Waals surface area contributed by atoms with Crippen LogP contribution in [0.2, 0.25) is 0 Å². The van der Waals surface area contributed by atoms with Crippen molar-refractivity contribution >= 4 is 34.5 Å². The molecule has 0 unspecified atom stereocenters. The number of nitrogens with one attached hydrogen (secondary N) is 2. The number of rotatable bonds is 7. The molecule has 1 aromatic heterocycles. The second kappa shape index (κ2) is 9.18. The highest BCUT2D eigenvalue weighted by Gasteiger charge is 2.21. The number of anilines is 1. The van der Waals surface area contributed by atoms with Crippen molar-refractivity contribution in [2.24, 2.45) is 0 Å². The number of amides is 2. The van der Waals surface area contributed by atoms with Gasteiger partial charge in [0.15, 0.2) is 0 Å². The summed E-state index contributed by atoms with van der Waals surface area (Å²) in [6.45, 7) is 4.72. The van der Waals surface area contributed by atoms with Gasteiger partial charge in [0.25, 0.3) is 0 Å². The molecule has 7 nitrogen and oxygen atoms in total. The molecule has 0 spiro atoms. The number of carbonyl (C=O) groups excluding carboxylic acids is 2. The van der Waals surface area contributed by atoms with Gasteiger partial charge in [0, 0.05) is 42.6 Å². The number of fused-ring (bicyclic) bond motifs is 2. The Balaban J connectivity index is 1.51. The Hall–Kier alpha value is -3.74. The Morgan fingerprint density at radius 2 is 2.09 bits per heavy atom. The summed E-state index contributed by atoms with van der Waals surface area (Å²) in [6, 6.07) is 11.5. The van der Waals surface area contributed by atoms with Crippen molar-refractivity contribution in [2.75, 3.05) is 19.0 Å². The normalized spacial score (nSPS) is 14.9. The zero-order valence-electron chi connectivity index (χ0n) is 18.5. The largest absolute Gasteiger partial charge is 0.493 e. The van der Waals surface area contributed by atoms with Crippen LogP contribution in [-0.2, 0) is 22.6 Å². The molecule has 2 N–H and O–H groups in total. The second-order valence-corrected chi connectivity index (χ2v) is 7.78. The number of hydrogen-bond acceptors (Lipinski definition) is 4. The molecular formula is C25H27N3O4. The fourth-order valence-electron chi connectivity index (χ4n) is 3.85. The molecule has 0 radical (unpaired) electrons. The number of nitrogens with zero attached hydrogens (tertiary/aromatic N) is 1. The SMILES string of the molecule is CCOc1cc2c(cc1/C=C/C(=O)Nc1ccc3ccn(CC(=O)NC)c3c1)O[C@H](C)C2. The van der Waals surface area contributed by atoms with Crippen molar-refractivity contribution in [3.63, 3.8) is 0 Å². The first-order valence-electron chi connectivity index (χ1n) is 10.7. The first kappa shape index (κ1) is 21.5. The Labute approximate surface area is 187 Å². The van der Waals surface area contributed by atoms with Crippen molar-refractivity contribution in [3.05, 3.63) is 59.8 Å². The van der Waals surface area contributed by atoms with Crippen LogP contribution in [0, 0.1) is 0 Å². The molecular weight excluding hydrogens is 406 g/mol. The zero-order chi connectivity index (χ0) is 22.7. The van der Waals surface area contributed by atoms with E-state index in [2.05, 4.69) is 10.6 Å². The average molecular weight is 434 g/mol. The topological polar surface area (TPSA) is 81.6 Å². The van der Waals surface area contributed by atoms with Gasteiger partial charge in [-0.1, -0.05) is 6.07 Å². The molecule has 2 amide bonds. The van der Waals surface area contributed by atoms with Gasteiger partial charge in [0.05, 0.1) is 12.1 Å². The molecule has 2 heterocycles. The molecule has 4 rings (SSSR count). The van der Waals surface area contributed by atoms with Crippen LogP contribution >= 0.6 is 0 Å². The van der Waals surface area contributed by atoms with E-state index in [0.717, 1.165) is 39.9 Å². The van der Waals surface area contributed by atoms with E-state index in [1.54, 1.807) is 13.1 Å². The standard InChI is InChI=1S/C25H27N3O4/c1-4-31-22-13-19-11-16(2)32-23(19)12-18(22)6-8-24(29)27-20-7-5-17-9-10-28(21(17)14-20)15-25(30)26-3/h5-10,12-14,16H,4,11,15H2,1-3H3,(H,26,30)(H,27,29)/b8-6+/t16-/m1/s1. The first-order valence-corrected chi connectivity index (χ1v) is 10.7. The first-order chi connectivity index (χ1) is 15.5. The quantitative estimate of drug-likeness (QED) is 0.556. The van der Waals surface area contributed by atoms with E-state index < -0.39 is 0 Å². The van der Waals surface area contributed by atoms with Gasteiger partial charge in [-0.25, -0.2) is 0 Å². The number of carbonyl (C=O) groups is 2. The molecule has 166 valence electrons. The molecule has 0 fully saturated rings. The number of aromatic nitrogens is 1. The van der Waals surface area contributed by atoms with Gasteiger partial charge in [-0.3, -0.25) is 9.59 Å². The molecule has 1 aliphatic rings. The predicted octanol–water partition coefficient (Wildman–Crippen LogP) is 3.76. The van der Waals surface area contributed by atoms with Gasteiger partial charge in [-0.05, 0) is 55.6 Å². The van der Waals surface area contributed by atoms with Gasteiger partial charge >= 0.3 is 0 Å². The molecule has 0 bridgehead atoms. The minimum atomic E-state index is -0.258. The van der Waals surface area contributed by atoms with Gasteiger partial charge in [0.1, 0.15) is 24.1 Å². The predicted molar refractivity (Wildman–Crippen MR) is 125 cm³/mol. The van der Waals surface area contributed by atoms with E-state index in [0.29, 0.717) is 12.3 Å². The van der Waals surface area contributed by atoms with E-state index in [1.807, 2.05) is 61.0 Å². The third-order valence-electron chi connectivity index (χ3n) is 5.38. The summed E-state index contributed by atoms with van der Waals surface area (Å²) in [5, 5.41) is 6.50. The number of likely N-dealkylation sites (N-methyl/N-ethyl adjacent to an activating group) is 1. The third kappa shape index (κ3) is 4.61. The molecule has 0 saturated carbocycles.